The second-order valence-corrected chi connectivity index (χ2v) is 3.35. The van der Waals surface area contributed by atoms with Crippen molar-refractivity contribution in [2.75, 3.05) is 20.2 Å². The van der Waals surface area contributed by atoms with Crippen LogP contribution in [0, 0.1) is 11.8 Å². The summed E-state index contributed by atoms with van der Waals surface area (Å²) in [7, 11) is 1.60. The van der Waals surface area contributed by atoms with Crippen LogP contribution in [0.15, 0.2) is 36.9 Å². The maximum Gasteiger partial charge on any atom is 0.315 e. The largest absolute Gasteiger partial charge is 0.495 e. The summed E-state index contributed by atoms with van der Waals surface area (Å²) < 4.78 is 5.16. The summed E-state index contributed by atoms with van der Waals surface area (Å²) in [5.41, 5.74) is 0.799. The molecule has 0 atom stereocenters. The number of hydrogen-bond donors (Lipinski definition) is 2. The molecule has 0 fully saturated rings. The summed E-state index contributed by atoms with van der Waals surface area (Å²) >= 11 is 0. The minimum absolute atomic E-state index is 0.260. The molecule has 0 aliphatic carbocycles. The standard InChI is InChI=1S/C14H16N2O2/c1-3-10-15-14(17)16-11-6-8-12-7-4-5-9-13(12)18-2/h3-5,7,9H,1,10-11H2,2H3,(H2,15,16,17). The van der Waals surface area contributed by atoms with Gasteiger partial charge in [-0.15, -0.1) is 6.58 Å². The lowest BCUT2D eigenvalue weighted by atomic mass is 10.2. The normalized spacial score (nSPS) is 8.72. The van der Waals surface area contributed by atoms with Crippen LogP contribution in [-0.2, 0) is 0 Å². The van der Waals surface area contributed by atoms with Gasteiger partial charge in [0.2, 0.25) is 0 Å². The van der Waals surface area contributed by atoms with Gasteiger partial charge in [0.1, 0.15) is 5.75 Å². The Morgan fingerprint density at radius 2 is 2.22 bits per heavy atom. The summed E-state index contributed by atoms with van der Waals surface area (Å²) in [4.78, 5) is 11.2. The molecule has 4 heteroatoms. The van der Waals surface area contributed by atoms with Gasteiger partial charge in [0, 0.05) is 6.54 Å². The fourth-order valence-corrected chi connectivity index (χ4v) is 1.24. The first-order valence-corrected chi connectivity index (χ1v) is 5.52. The number of nitrogens with one attached hydrogen (secondary N) is 2. The minimum atomic E-state index is -0.260. The fraction of sp³-hybridized carbons (Fsp3) is 0.214. The molecule has 2 N–H and O–H groups in total. The van der Waals surface area contributed by atoms with E-state index >= 15 is 0 Å². The van der Waals surface area contributed by atoms with Crippen LogP contribution < -0.4 is 15.4 Å². The zero-order chi connectivity index (χ0) is 13.2. The Morgan fingerprint density at radius 1 is 1.44 bits per heavy atom. The maximum absolute atomic E-state index is 11.2. The predicted molar refractivity (Wildman–Crippen MR) is 71.5 cm³/mol. The van der Waals surface area contributed by atoms with E-state index in [0.29, 0.717) is 6.54 Å². The third-order valence-electron chi connectivity index (χ3n) is 2.07. The van der Waals surface area contributed by atoms with Crippen molar-refractivity contribution < 1.29 is 9.53 Å². The second kappa shape index (κ2) is 7.80. The van der Waals surface area contributed by atoms with Gasteiger partial charge >= 0.3 is 6.03 Å². The number of carbonyl (C=O) groups excluding carboxylic acids is 1. The van der Waals surface area contributed by atoms with Crippen LogP contribution in [0.4, 0.5) is 4.79 Å². The molecule has 94 valence electrons. The van der Waals surface area contributed by atoms with Crippen LogP contribution in [0.3, 0.4) is 0 Å². The topological polar surface area (TPSA) is 50.4 Å². The van der Waals surface area contributed by atoms with Crippen molar-refractivity contribution in [3.8, 4) is 17.6 Å². The van der Waals surface area contributed by atoms with Gasteiger partial charge in [-0.05, 0) is 12.1 Å². The second-order valence-electron chi connectivity index (χ2n) is 3.35. The first kappa shape index (κ1) is 13.7. The van der Waals surface area contributed by atoms with Crippen LogP contribution in [0.2, 0.25) is 0 Å². The highest BCUT2D eigenvalue weighted by atomic mass is 16.5. The minimum Gasteiger partial charge on any atom is -0.495 e. The van der Waals surface area contributed by atoms with E-state index in [1.54, 1.807) is 13.2 Å². The van der Waals surface area contributed by atoms with Crippen LogP contribution in [-0.4, -0.2) is 26.2 Å². The van der Waals surface area contributed by atoms with E-state index in [9.17, 15) is 4.79 Å². The number of rotatable bonds is 4. The molecule has 0 aliphatic heterocycles. The molecule has 0 saturated heterocycles. The molecule has 0 radical (unpaired) electrons. The van der Waals surface area contributed by atoms with Crippen LogP contribution >= 0.6 is 0 Å². The van der Waals surface area contributed by atoms with Crippen molar-refractivity contribution in [2.24, 2.45) is 0 Å². The monoisotopic (exact) mass is 244 g/mol. The number of hydrogen-bond acceptors (Lipinski definition) is 2. The molecule has 2 amide bonds. The lowest BCUT2D eigenvalue weighted by Crippen LogP contribution is -2.35. The molecule has 0 aromatic heterocycles. The van der Waals surface area contributed by atoms with Gasteiger partial charge in [-0.1, -0.05) is 30.0 Å². The number of carbonyl (C=O) groups is 1. The maximum atomic E-state index is 11.2. The van der Waals surface area contributed by atoms with Crippen molar-refractivity contribution in [2.45, 2.75) is 0 Å². The van der Waals surface area contributed by atoms with E-state index < -0.39 is 0 Å². The lowest BCUT2D eigenvalue weighted by molar-refractivity contribution is 0.243. The SMILES string of the molecule is C=CCNC(=O)NCC#Cc1ccccc1OC. The first-order chi connectivity index (χ1) is 8.77. The summed E-state index contributed by atoms with van der Waals surface area (Å²) in [5.74, 6) is 6.52. The number of para-hydroxylation sites is 1. The molecule has 0 spiro atoms. The molecule has 1 aromatic rings. The van der Waals surface area contributed by atoms with Crippen molar-refractivity contribution >= 4 is 6.03 Å². The molecule has 4 nitrogen and oxygen atoms in total. The van der Waals surface area contributed by atoms with E-state index in [2.05, 4.69) is 29.1 Å². The lowest BCUT2D eigenvalue weighted by Gasteiger charge is -2.02. The Morgan fingerprint density at radius 3 is 2.94 bits per heavy atom. The Labute approximate surface area is 107 Å². The number of urea groups is 1. The molecule has 0 bridgehead atoms. The van der Waals surface area contributed by atoms with Gasteiger partial charge in [0.05, 0.1) is 19.2 Å². The van der Waals surface area contributed by atoms with Gasteiger partial charge in [0.25, 0.3) is 0 Å². The van der Waals surface area contributed by atoms with Gasteiger partial charge in [-0.2, -0.15) is 0 Å². The molecule has 0 heterocycles. The van der Waals surface area contributed by atoms with Crippen LogP contribution in [0.5, 0.6) is 5.75 Å². The van der Waals surface area contributed by atoms with E-state index in [1.165, 1.54) is 0 Å². The number of amides is 2. The van der Waals surface area contributed by atoms with Crippen molar-refractivity contribution in [3.63, 3.8) is 0 Å². The van der Waals surface area contributed by atoms with Crippen LogP contribution in [0.25, 0.3) is 0 Å². The van der Waals surface area contributed by atoms with Crippen LogP contribution in [0.1, 0.15) is 5.56 Å². The van der Waals surface area contributed by atoms with Gasteiger partial charge in [0.15, 0.2) is 0 Å². The van der Waals surface area contributed by atoms with E-state index in [-0.39, 0.29) is 12.6 Å². The average Bonchev–Trinajstić information content (AvgIpc) is 2.41. The third-order valence-corrected chi connectivity index (χ3v) is 2.07. The van der Waals surface area contributed by atoms with Crippen molar-refractivity contribution in [1.82, 2.24) is 10.6 Å². The highest BCUT2D eigenvalue weighted by Gasteiger charge is 1.96. The molecule has 1 aromatic carbocycles. The number of methoxy groups -OCH3 is 1. The number of benzene rings is 1. The van der Waals surface area contributed by atoms with Gasteiger partial charge < -0.3 is 15.4 Å². The Kier molecular flexibility index (Phi) is 5.91. The Hall–Kier alpha value is -2.41. The first-order valence-electron chi connectivity index (χ1n) is 5.52. The molecule has 0 aliphatic rings. The molecular weight excluding hydrogens is 228 g/mol. The van der Waals surface area contributed by atoms with Crippen molar-refractivity contribution in [3.05, 3.63) is 42.5 Å². The summed E-state index contributed by atoms with van der Waals surface area (Å²) in [6.45, 7) is 4.22. The molecule has 0 unspecified atom stereocenters. The third kappa shape index (κ3) is 4.62. The summed E-state index contributed by atoms with van der Waals surface area (Å²) in [5, 5.41) is 5.21. The zero-order valence-electron chi connectivity index (χ0n) is 10.3. The predicted octanol–water partition coefficient (Wildman–Crippen LogP) is 1.53. The van der Waals surface area contributed by atoms with E-state index in [4.69, 9.17) is 4.74 Å². The highest BCUT2D eigenvalue weighted by Crippen LogP contribution is 2.15. The quantitative estimate of drug-likeness (QED) is 0.623. The zero-order valence-corrected chi connectivity index (χ0v) is 10.3. The van der Waals surface area contributed by atoms with Crippen molar-refractivity contribution in [1.29, 1.82) is 0 Å². The van der Waals surface area contributed by atoms with E-state index in [0.717, 1.165) is 11.3 Å². The Balaban J connectivity index is 2.46. The summed E-state index contributed by atoms with van der Waals surface area (Å²) in [6.07, 6.45) is 1.61. The van der Waals surface area contributed by atoms with Gasteiger partial charge in [-0.3, -0.25) is 0 Å². The average molecular weight is 244 g/mol. The molecule has 1 rings (SSSR count). The van der Waals surface area contributed by atoms with E-state index in [1.807, 2.05) is 24.3 Å². The highest BCUT2D eigenvalue weighted by molar-refractivity contribution is 5.74. The van der Waals surface area contributed by atoms with Gasteiger partial charge in [-0.25, -0.2) is 4.79 Å². The fourth-order valence-electron chi connectivity index (χ4n) is 1.24. The molecular formula is C14H16N2O2. The summed E-state index contributed by atoms with van der Waals surface area (Å²) in [6, 6.07) is 7.21. The molecule has 0 saturated carbocycles. The Bertz CT molecular complexity index is 472. The smallest absolute Gasteiger partial charge is 0.315 e. The molecule has 18 heavy (non-hydrogen) atoms. The number of ether oxygens (including phenoxy) is 1.